The van der Waals surface area contributed by atoms with Crippen molar-refractivity contribution >= 4 is 6.29 Å². The molecule has 3 nitrogen and oxygen atoms in total. The van der Waals surface area contributed by atoms with E-state index in [9.17, 15) is 4.79 Å². The molecule has 0 aliphatic heterocycles. The van der Waals surface area contributed by atoms with Crippen molar-refractivity contribution in [3.63, 3.8) is 0 Å². The number of aromatic nitrogens is 2. The van der Waals surface area contributed by atoms with E-state index in [2.05, 4.69) is 21.7 Å². The Kier molecular flexibility index (Phi) is 3.92. The molecule has 0 spiro atoms. The summed E-state index contributed by atoms with van der Waals surface area (Å²) in [5.41, 5.74) is 4.15. The normalized spacial score (nSPS) is 10.5. The van der Waals surface area contributed by atoms with Gasteiger partial charge in [0, 0.05) is 31.1 Å². The molecule has 3 aromatic rings. The van der Waals surface area contributed by atoms with Crippen LogP contribution in [0.3, 0.4) is 0 Å². The summed E-state index contributed by atoms with van der Waals surface area (Å²) < 4.78 is 2.06. The van der Waals surface area contributed by atoms with Crippen LogP contribution < -0.4 is 0 Å². The number of carbonyl (C=O) groups excluding carboxylic acids is 1. The molecule has 2 aromatic heterocycles. The number of rotatable bonds is 5. The van der Waals surface area contributed by atoms with Crippen LogP contribution in [0.4, 0.5) is 0 Å². The third kappa shape index (κ3) is 3.08. The van der Waals surface area contributed by atoms with Crippen molar-refractivity contribution in [2.75, 3.05) is 0 Å². The van der Waals surface area contributed by atoms with Crippen LogP contribution in [0.25, 0.3) is 0 Å². The van der Waals surface area contributed by atoms with E-state index in [4.69, 9.17) is 0 Å². The number of benzene rings is 1. The third-order valence-electron chi connectivity index (χ3n) is 3.52. The maximum atomic E-state index is 11.3. The summed E-state index contributed by atoms with van der Waals surface area (Å²) in [7, 11) is 0. The second-order valence-electron chi connectivity index (χ2n) is 4.98. The van der Waals surface area contributed by atoms with Gasteiger partial charge < -0.3 is 4.57 Å². The topological polar surface area (TPSA) is 34.9 Å². The molecule has 0 saturated carbocycles. The first kappa shape index (κ1) is 13.3. The molecule has 0 aliphatic rings. The van der Waals surface area contributed by atoms with Gasteiger partial charge >= 0.3 is 0 Å². The Morgan fingerprint density at radius 1 is 0.952 bits per heavy atom. The Bertz CT molecular complexity index is 717. The fraction of sp³-hybridized carbons (Fsp3) is 0.111. The molecule has 0 N–H and O–H groups in total. The summed E-state index contributed by atoms with van der Waals surface area (Å²) in [5.74, 6) is 0. The summed E-state index contributed by atoms with van der Waals surface area (Å²) in [6, 6.07) is 18.0. The van der Waals surface area contributed by atoms with Gasteiger partial charge in [-0.05, 0) is 29.3 Å². The summed E-state index contributed by atoms with van der Waals surface area (Å²) in [6.07, 6.45) is 5.31. The van der Waals surface area contributed by atoms with E-state index in [0.29, 0.717) is 12.2 Å². The zero-order valence-electron chi connectivity index (χ0n) is 11.6. The van der Waals surface area contributed by atoms with Crippen LogP contribution >= 0.6 is 0 Å². The van der Waals surface area contributed by atoms with Crippen molar-refractivity contribution in [2.45, 2.75) is 13.0 Å². The minimum absolute atomic E-state index is 0.706. The van der Waals surface area contributed by atoms with Crippen LogP contribution in [0.1, 0.15) is 27.3 Å². The minimum atomic E-state index is 0.706. The molecule has 0 unspecified atom stereocenters. The number of hydrogen-bond donors (Lipinski definition) is 0. The van der Waals surface area contributed by atoms with E-state index < -0.39 is 0 Å². The van der Waals surface area contributed by atoms with E-state index in [0.717, 1.165) is 24.0 Å². The van der Waals surface area contributed by atoms with Gasteiger partial charge in [0.05, 0.1) is 5.69 Å². The van der Waals surface area contributed by atoms with Gasteiger partial charge in [0.15, 0.2) is 6.29 Å². The molecule has 0 bridgehead atoms. The van der Waals surface area contributed by atoms with Gasteiger partial charge in [0.2, 0.25) is 0 Å². The van der Waals surface area contributed by atoms with Crippen molar-refractivity contribution in [3.05, 3.63) is 89.5 Å². The van der Waals surface area contributed by atoms with Gasteiger partial charge in [0.1, 0.15) is 0 Å². The molecule has 0 atom stereocenters. The van der Waals surface area contributed by atoms with E-state index in [-0.39, 0.29) is 0 Å². The van der Waals surface area contributed by atoms with E-state index in [1.165, 1.54) is 5.56 Å². The molecule has 0 amide bonds. The zero-order valence-corrected chi connectivity index (χ0v) is 11.6. The van der Waals surface area contributed by atoms with Gasteiger partial charge in [-0.15, -0.1) is 0 Å². The van der Waals surface area contributed by atoms with Crippen LogP contribution in [0.15, 0.2) is 67.0 Å². The summed E-state index contributed by atoms with van der Waals surface area (Å²) >= 11 is 0. The van der Waals surface area contributed by atoms with Crippen LogP contribution in [-0.2, 0) is 13.0 Å². The lowest BCUT2D eigenvalue weighted by atomic mass is 10.1. The molecule has 21 heavy (non-hydrogen) atoms. The number of hydrogen-bond acceptors (Lipinski definition) is 2. The van der Waals surface area contributed by atoms with Crippen molar-refractivity contribution in [3.8, 4) is 0 Å². The van der Waals surface area contributed by atoms with Gasteiger partial charge in [0.25, 0.3) is 0 Å². The molecular weight excluding hydrogens is 260 g/mol. The molecule has 0 aliphatic carbocycles. The molecule has 1 aromatic carbocycles. The molecule has 0 saturated heterocycles. The van der Waals surface area contributed by atoms with Gasteiger partial charge in [-0.2, -0.15) is 0 Å². The fourth-order valence-electron chi connectivity index (χ4n) is 2.46. The highest BCUT2D eigenvalue weighted by Crippen LogP contribution is 2.15. The predicted octanol–water partition coefficient (Wildman–Crippen LogP) is 3.33. The lowest BCUT2D eigenvalue weighted by Gasteiger charge is -2.11. The SMILES string of the molecule is O=Cc1ccc(Cc2cccnc2)n1Cc1ccccc1. The lowest BCUT2D eigenvalue weighted by molar-refractivity contribution is 0.111. The van der Waals surface area contributed by atoms with E-state index in [1.54, 1.807) is 6.20 Å². The molecule has 0 fully saturated rings. The first-order chi connectivity index (χ1) is 10.4. The second-order valence-corrected chi connectivity index (χ2v) is 4.98. The molecular formula is C18H16N2O. The van der Waals surface area contributed by atoms with Crippen LogP contribution in [0, 0.1) is 0 Å². The second kappa shape index (κ2) is 6.18. The van der Waals surface area contributed by atoms with Crippen molar-refractivity contribution in [1.29, 1.82) is 0 Å². The summed E-state index contributed by atoms with van der Waals surface area (Å²) in [6.45, 7) is 0.706. The lowest BCUT2D eigenvalue weighted by Crippen LogP contribution is -2.08. The number of nitrogens with zero attached hydrogens (tertiary/aromatic N) is 2. The van der Waals surface area contributed by atoms with Crippen LogP contribution in [0.5, 0.6) is 0 Å². The summed E-state index contributed by atoms with van der Waals surface area (Å²) in [4.78, 5) is 15.4. The van der Waals surface area contributed by atoms with E-state index in [1.807, 2.05) is 48.7 Å². The minimum Gasteiger partial charge on any atom is -0.338 e. The quantitative estimate of drug-likeness (QED) is 0.670. The van der Waals surface area contributed by atoms with Gasteiger partial charge in [-0.3, -0.25) is 9.78 Å². The Hall–Kier alpha value is -2.68. The molecule has 3 rings (SSSR count). The Morgan fingerprint density at radius 2 is 1.76 bits per heavy atom. The van der Waals surface area contributed by atoms with E-state index >= 15 is 0 Å². The average molecular weight is 276 g/mol. The van der Waals surface area contributed by atoms with Crippen LogP contribution in [0.2, 0.25) is 0 Å². The van der Waals surface area contributed by atoms with Crippen molar-refractivity contribution in [1.82, 2.24) is 9.55 Å². The van der Waals surface area contributed by atoms with Crippen molar-refractivity contribution < 1.29 is 4.79 Å². The highest BCUT2D eigenvalue weighted by molar-refractivity contribution is 5.73. The molecule has 104 valence electrons. The first-order valence-electron chi connectivity index (χ1n) is 6.93. The number of aldehydes is 1. The highest BCUT2D eigenvalue weighted by Gasteiger charge is 2.09. The maximum absolute atomic E-state index is 11.3. The maximum Gasteiger partial charge on any atom is 0.166 e. The van der Waals surface area contributed by atoms with Crippen molar-refractivity contribution in [2.24, 2.45) is 0 Å². The average Bonchev–Trinajstić information content (AvgIpc) is 2.91. The molecule has 3 heteroatoms. The monoisotopic (exact) mass is 276 g/mol. The number of pyridine rings is 1. The molecule has 2 heterocycles. The Balaban J connectivity index is 1.91. The first-order valence-corrected chi connectivity index (χ1v) is 6.93. The number of carbonyl (C=O) groups is 1. The molecule has 0 radical (unpaired) electrons. The van der Waals surface area contributed by atoms with Crippen LogP contribution in [-0.4, -0.2) is 15.8 Å². The van der Waals surface area contributed by atoms with Gasteiger partial charge in [-0.25, -0.2) is 0 Å². The predicted molar refractivity (Wildman–Crippen MR) is 82.4 cm³/mol. The summed E-state index contributed by atoms with van der Waals surface area (Å²) in [5, 5.41) is 0. The Labute approximate surface area is 123 Å². The standard InChI is InChI=1S/C18H16N2O/c21-14-18-9-8-17(11-16-7-4-10-19-12-16)20(18)13-15-5-2-1-3-6-15/h1-10,12,14H,11,13H2. The smallest absolute Gasteiger partial charge is 0.166 e. The largest absolute Gasteiger partial charge is 0.338 e. The zero-order chi connectivity index (χ0) is 14.5. The van der Waals surface area contributed by atoms with Gasteiger partial charge in [-0.1, -0.05) is 36.4 Å². The third-order valence-corrected chi connectivity index (χ3v) is 3.52. The fourth-order valence-corrected chi connectivity index (χ4v) is 2.46. The highest BCUT2D eigenvalue weighted by atomic mass is 16.1. The Morgan fingerprint density at radius 3 is 2.48 bits per heavy atom.